The van der Waals surface area contributed by atoms with Crippen molar-refractivity contribution < 1.29 is 91.7 Å². The molecule has 4 rings (SSSR count). The van der Waals surface area contributed by atoms with Gasteiger partial charge in [-0.25, -0.2) is 9.37 Å². The Balaban J connectivity index is 0.00000171. The predicted molar refractivity (Wildman–Crippen MR) is 94.2 cm³/mol. The molecule has 1 aliphatic rings. The summed E-state index contributed by atoms with van der Waals surface area (Å²) in [7, 11) is -5.27. The van der Waals surface area contributed by atoms with Gasteiger partial charge in [0.25, 0.3) is 0 Å². The van der Waals surface area contributed by atoms with Gasteiger partial charge >= 0.3 is 59.1 Å². The van der Waals surface area contributed by atoms with Gasteiger partial charge in [0, 0.05) is 30.1 Å². The van der Waals surface area contributed by atoms with E-state index in [2.05, 4.69) is 19.6 Å². The molecule has 3 aromatic rings. The van der Waals surface area contributed by atoms with Crippen molar-refractivity contribution in [1.82, 2.24) is 19.7 Å². The van der Waals surface area contributed by atoms with Crippen LogP contribution in [0.15, 0.2) is 16.1 Å². The van der Waals surface area contributed by atoms with Gasteiger partial charge in [0.15, 0.2) is 5.01 Å². The molecule has 0 amide bonds. The van der Waals surface area contributed by atoms with Crippen LogP contribution in [0.4, 0.5) is 4.39 Å². The van der Waals surface area contributed by atoms with E-state index in [-0.39, 0.29) is 87.3 Å². The maximum atomic E-state index is 14.4. The molecule has 0 N–H and O–H groups in total. The third kappa shape index (κ3) is 5.90. The quantitative estimate of drug-likeness (QED) is 0.190. The smallest absolute Gasteiger partial charge is 0.790 e. The minimum Gasteiger partial charge on any atom is -0.790 e. The molecule has 1 aliphatic carbocycles. The number of carbonyl (C=O) groups excluding carboxylic acids is 1. The molecule has 31 heavy (non-hydrogen) atoms. The number of phosphoric ester groups is 1. The van der Waals surface area contributed by atoms with E-state index in [4.69, 9.17) is 4.52 Å². The van der Waals surface area contributed by atoms with E-state index < -0.39 is 26.2 Å². The van der Waals surface area contributed by atoms with Crippen LogP contribution in [0.2, 0.25) is 0 Å². The molecule has 15 heteroatoms. The molecule has 0 bridgehead atoms. The number of hydrogen-bond acceptors (Lipinski definition) is 10. The van der Waals surface area contributed by atoms with E-state index >= 15 is 0 Å². The second-order valence-electron chi connectivity index (χ2n) is 6.13. The number of aromatic nitrogens is 4. The fraction of sp³-hybridized carbons (Fsp3) is 0.250. The van der Waals surface area contributed by atoms with Gasteiger partial charge in [-0.1, -0.05) is 11.2 Å². The summed E-state index contributed by atoms with van der Waals surface area (Å²) < 4.78 is 35.4. The van der Waals surface area contributed by atoms with Crippen LogP contribution >= 0.6 is 19.2 Å². The van der Waals surface area contributed by atoms with Gasteiger partial charge in [-0.15, -0.1) is 11.3 Å². The number of ketones is 1. The van der Waals surface area contributed by atoms with E-state index in [1.807, 2.05) is 0 Å². The molecule has 0 atom stereocenters. The Labute approximate surface area is 223 Å². The number of halogens is 1. The zero-order chi connectivity index (χ0) is 20.8. The number of thiazole rings is 1. The van der Waals surface area contributed by atoms with Crippen LogP contribution in [-0.4, -0.2) is 25.5 Å². The van der Waals surface area contributed by atoms with E-state index in [9.17, 15) is 23.5 Å². The van der Waals surface area contributed by atoms with E-state index in [0.717, 1.165) is 15.9 Å². The van der Waals surface area contributed by atoms with Gasteiger partial charge in [-0.2, -0.15) is 4.98 Å². The average molecular weight is 484 g/mol. The van der Waals surface area contributed by atoms with Gasteiger partial charge in [-0.3, -0.25) is 4.79 Å². The van der Waals surface area contributed by atoms with Crippen molar-refractivity contribution in [3.63, 3.8) is 0 Å². The Bertz CT molecular complexity index is 1280. The standard InChI is InChI=1S/C16H14FN4O6PS.2Na/c1-8-18-15(20-27-8)12-6-29-16(19-12)14(22)10-5-21(7-26-28(23,24)25)13-9(10)3-2-4-11(13)17;;/h3,5-6H,2,4,7H2,1H3,(H2,23,24,25);;/q;2*+1/p-2. The maximum absolute atomic E-state index is 14.4. The second kappa shape index (κ2) is 10.6. The number of nitrogens with zero attached hydrogens (tertiary/aromatic N) is 4. The fourth-order valence-electron chi connectivity index (χ4n) is 2.96. The third-order valence-electron chi connectivity index (χ3n) is 4.14. The maximum Gasteiger partial charge on any atom is 1.00 e. The Morgan fingerprint density at radius 1 is 1.39 bits per heavy atom. The zero-order valence-electron chi connectivity index (χ0n) is 16.8. The number of phosphoric acid groups is 1. The predicted octanol–water partition coefficient (Wildman–Crippen LogP) is -6.00. The van der Waals surface area contributed by atoms with Gasteiger partial charge in [-0.05, 0) is 6.42 Å². The van der Waals surface area contributed by atoms with Crippen LogP contribution in [0, 0.1) is 6.92 Å². The molecule has 0 aromatic carbocycles. The molecule has 0 spiro atoms. The van der Waals surface area contributed by atoms with Crippen molar-refractivity contribution in [1.29, 1.82) is 0 Å². The van der Waals surface area contributed by atoms with E-state index in [0.29, 0.717) is 23.2 Å². The van der Waals surface area contributed by atoms with Crippen molar-refractivity contribution in [2.45, 2.75) is 26.5 Å². The van der Waals surface area contributed by atoms with Gasteiger partial charge in [0.1, 0.15) is 18.3 Å². The van der Waals surface area contributed by atoms with Crippen molar-refractivity contribution in [3.8, 4) is 11.5 Å². The molecular weight excluding hydrogens is 472 g/mol. The normalized spacial score (nSPS) is 13.1. The van der Waals surface area contributed by atoms with Crippen LogP contribution in [0.1, 0.15) is 34.1 Å². The first kappa shape index (κ1) is 26.7. The Morgan fingerprint density at radius 3 is 2.77 bits per heavy atom. The van der Waals surface area contributed by atoms with Crippen molar-refractivity contribution in [2.75, 3.05) is 0 Å². The van der Waals surface area contributed by atoms with Gasteiger partial charge in [0.2, 0.25) is 17.5 Å². The first-order valence-corrected chi connectivity index (χ1v) is 10.6. The summed E-state index contributed by atoms with van der Waals surface area (Å²) in [4.78, 5) is 42.8. The number of fused-ring (bicyclic) bond motifs is 1. The van der Waals surface area contributed by atoms with Crippen molar-refractivity contribution in [2.24, 2.45) is 0 Å². The Hall–Kier alpha value is -0.500. The first-order valence-electron chi connectivity index (χ1n) is 8.28. The molecule has 10 nitrogen and oxygen atoms in total. The minimum absolute atomic E-state index is 0. The van der Waals surface area contributed by atoms with Crippen molar-refractivity contribution in [3.05, 3.63) is 38.6 Å². The average Bonchev–Trinajstić information content (AvgIpc) is 3.37. The topological polar surface area (TPSA) is 146 Å². The number of hydrogen-bond donors (Lipinski definition) is 0. The molecule has 152 valence electrons. The summed E-state index contributed by atoms with van der Waals surface area (Å²) in [5.41, 5.74) is 0.475. The molecule has 0 fully saturated rings. The summed E-state index contributed by atoms with van der Waals surface area (Å²) in [5, 5.41) is 5.76. The fourth-order valence-corrected chi connectivity index (χ4v) is 3.97. The minimum atomic E-state index is -5.27. The van der Waals surface area contributed by atoms with Crippen LogP contribution in [0.25, 0.3) is 23.4 Å². The summed E-state index contributed by atoms with van der Waals surface area (Å²) >= 11 is 1.05. The molecule has 0 saturated heterocycles. The Morgan fingerprint density at radius 2 is 2.13 bits per heavy atom. The SMILES string of the molecule is Cc1nc(-c2csc(C(=O)c3cn(COP(=O)([O-])[O-])c4c3=CCCC=4F)n2)no1.[Na+].[Na+]. The summed E-state index contributed by atoms with van der Waals surface area (Å²) in [5.74, 6) is -0.436. The van der Waals surface area contributed by atoms with Crippen molar-refractivity contribution >= 4 is 36.8 Å². The second-order valence-corrected chi connectivity index (χ2v) is 8.14. The van der Waals surface area contributed by atoms with Crippen LogP contribution < -0.4 is 79.5 Å². The van der Waals surface area contributed by atoms with E-state index in [1.165, 1.54) is 6.20 Å². The molecule has 0 radical (unpaired) electrons. The summed E-state index contributed by atoms with van der Waals surface area (Å²) in [6, 6.07) is 0. The molecule has 0 unspecified atom stereocenters. The molecule has 3 aromatic heterocycles. The number of aryl methyl sites for hydroxylation is 1. The number of carbonyl (C=O) groups is 1. The molecule has 0 saturated carbocycles. The first-order chi connectivity index (χ1) is 13.7. The zero-order valence-corrected chi connectivity index (χ0v) is 22.5. The molecule has 0 aliphatic heterocycles. The summed E-state index contributed by atoms with van der Waals surface area (Å²) in [6.07, 6.45) is 3.39. The largest absolute Gasteiger partial charge is 1.00 e. The molecule has 3 heterocycles. The van der Waals surface area contributed by atoms with E-state index in [1.54, 1.807) is 18.4 Å². The summed E-state index contributed by atoms with van der Waals surface area (Å²) in [6.45, 7) is 0.891. The molecular formula is C16H12FN4Na2O6PS. The monoisotopic (exact) mass is 484 g/mol. The Kier molecular flexibility index (Phi) is 9.16. The van der Waals surface area contributed by atoms with Crippen LogP contribution in [0.5, 0.6) is 0 Å². The van der Waals surface area contributed by atoms with Gasteiger partial charge in [0.05, 0.1) is 18.7 Å². The van der Waals surface area contributed by atoms with Gasteiger partial charge < -0.3 is 28.0 Å². The third-order valence-corrected chi connectivity index (χ3v) is 5.41. The van der Waals surface area contributed by atoms with Crippen LogP contribution in [-0.2, 0) is 15.8 Å². The van der Waals surface area contributed by atoms with Crippen LogP contribution in [0.3, 0.4) is 0 Å². The number of rotatable bonds is 6.